The number of methoxy groups -OCH3 is 2. The molecule has 1 aliphatic rings. The van der Waals surface area contributed by atoms with Crippen LogP contribution in [0.2, 0.25) is 0 Å². The van der Waals surface area contributed by atoms with E-state index in [4.69, 9.17) is 9.47 Å². The van der Waals surface area contributed by atoms with Gasteiger partial charge in [0.05, 0.1) is 31.4 Å². The van der Waals surface area contributed by atoms with E-state index in [1.165, 1.54) is 26.0 Å². The normalized spacial score (nSPS) is 14.7. The van der Waals surface area contributed by atoms with Gasteiger partial charge in [0, 0.05) is 18.2 Å². The van der Waals surface area contributed by atoms with Gasteiger partial charge in [-0.1, -0.05) is 36.0 Å². The second-order valence-electron chi connectivity index (χ2n) is 7.71. The van der Waals surface area contributed by atoms with Gasteiger partial charge in [-0.2, -0.15) is 0 Å². The van der Waals surface area contributed by atoms with Gasteiger partial charge in [0.15, 0.2) is 5.16 Å². The van der Waals surface area contributed by atoms with Crippen molar-refractivity contribution in [1.29, 1.82) is 0 Å². The highest BCUT2D eigenvalue weighted by Gasteiger charge is 2.35. The summed E-state index contributed by atoms with van der Waals surface area (Å²) in [6, 6.07) is 12.9. The van der Waals surface area contributed by atoms with Crippen LogP contribution in [0, 0.1) is 6.92 Å². The zero-order chi connectivity index (χ0) is 24.2. The molecule has 0 radical (unpaired) electrons. The molecular weight excluding hydrogens is 456 g/mol. The van der Waals surface area contributed by atoms with Crippen LogP contribution in [0.4, 0.5) is 11.5 Å². The highest BCUT2D eigenvalue weighted by Crippen LogP contribution is 2.34. The van der Waals surface area contributed by atoms with Gasteiger partial charge in [-0.25, -0.2) is 4.98 Å². The van der Waals surface area contributed by atoms with Crippen LogP contribution in [-0.4, -0.2) is 36.0 Å². The van der Waals surface area contributed by atoms with Crippen molar-refractivity contribution in [2.24, 2.45) is 0 Å². The molecule has 0 aliphatic carbocycles. The lowest BCUT2D eigenvalue weighted by Gasteiger charge is -2.24. The average Bonchev–Trinajstić information content (AvgIpc) is 2.83. The molecule has 0 spiro atoms. The van der Waals surface area contributed by atoms with E-state index >= 15 is 0 Å². The Morgan fingerprint density at radius 3 is 2.71 bits per heavy atom. The van der Waals surface area contributed by atoms with Crippen molar-refractivity contribution >= 4 is 35.1 Å². The fourth-order valence-corrected chi connectivity index (χ4v) is 4.62. The number of ether oxygens (including phenoxy) is 2. The summed E-state index contributed by atoms with van der Waals surface area (Å²) in [6.07, 6.45) is -0.169. The number of aryl methyl sites for hydroxylation is 1. The molecule has 0 saturated carbocycles. The van der Waals surface area contributed by atoms with Gasteiger partial charge in [0.25, 0.3) is 5.56 Å². The third kappa shape index (κ3) is 4.91. The van der Waals surface area contributed by atoms with Crippen molar-refractivity contribution in [2.45, 2.75) is 30.2 Å². The maximum atomic E-state index is 13.1. The second-order valence-corrected chi connectivity index (χ2v) is 8.67. The molecule has 2 amide bonds. The number of carbonyl (C=O) groups excluding carboxylic acids is 2. The topological polar surface area (TPSA) is 122 Å². The van der Waals surface area contributed by atoms with Crippen LogP contribution in [0.1, 0.15) is 29.0 Å². The summed E-state index contributed by atoms with van der Waals surface area (Å²) in [5.74, 6) is -0.230. The predicted molar refractivity (Wildman–Crippen MR) is 130 cm³/mol. The summed E-state index contributed by atoms with van der Waals surface area (Å²) in [7, 11) is 3.00. The Bertz CT molecular complexity index is 1310. The Labute approximate surface area is 200 Å². The number of benzene rings is 2. The van der Waals surface area contributed by atoms with E-state index in [9.17, 15) is 14.4 Å². The van der Waals surface area contributed by atoms with Gasteiger partial charge < -0.3 is 25.1 Å². The van der Waals surface area contributed by atoms with Crippen LogP contribution in [0.3, 0.4) is 0 Å². The molecule has 3 N–H and O–H groups in total. The lowest BCUT2D eigenvalue weighted by atomic mass is 9.92. The van der Waals surface area contributed by atoms with Crippen molar-refractivity contribution in [3.63, 3.8) is 0 Å². The maximum Gasteiger partial charge on any atom is 0.257 e. The fourth-order valence-electron chi connectivity index (χ4n) is 3.68. The molecule has 176 valence electrons. The largest absolute Gasteiger partial charge is 0.497 e. The molecule has 1 atom stereocenters. The number of H-pyrrole nitrogens is 1. The Kier molecular flexibility index (Phi) is 6.87. The van der Waals surface area contributed by atoms with E-state index in [1.807, 2.05) is 31.2 Å². The number of aromatic amines is 1. The lowest BCUT2D eigenvalue weighted by Crippen LogP contribution is -2.36. The smallest absolute Gasteiger partial charge is 0.257 e. The Morgan fingerprint density at radius 1 is 1.18 bits per heavy atom. The summed E-state index contributed by atoms with van der Waals surface area (Å²) < 4.78 is 10.5. The molecule has 34 heavy (non-hydrogen) atoms. The zero-order valence-corrected chi connectivity index (χ0v) is 19.7. The molecule has 0 saturated heterocycles. The standard InChI is InChI=1S/C24H24N4O5S/c1-13-6-4-5-7-14(13)12-34-24-27-21-20(23(31)28-24)16(11-19(29)26-21)22(30)25-17-9-8-15(32-2)10-18(17)33-3/h4-10,16H,11-12H2,1-3H3,(H,25,30)(H2,26,27,28,29,31). The van der Waals surface area contributed by atoms with Gasteiger partial charge >= 0.3 is 0 Å². The lowest BCUT2D eigenvalue weighted by molar-refractivity contribution is -0.123. The highest BCUT2D eigenvalue weighted by atomic mass is 32.2. The average molecular weight is 481 g/mol. The van der Waals surface area contributed by atoms with E-state index in [0.29, 0.717) is 28.1 Å². The summed E-state index contributed by atoms with van der Waals surface area (Å²) >= 11 is 1.35. The number of fused-ring (bicyclic) bond motifs is 1. The molecule has 1 aliphatic heterocycles. The van der Waals surface area contributed by atoms with E-state index in [-0.39, 0.29) is 23.7 Å². The van der Waals surface area contributed by atoms with E-state index in [2.05, 4.69) is 20.6 Å². The molecule has 0 fully saturated rings. The first kappa shape index (κ1) is 23.4. The van der Waals surface area contributed by atoms with Crippen LogP contribution < -0.4 is 25.7 Å². The number of nitrogens with one attached hydrogen (secondary N) is 3. The van der Waals surface area contributed by atoms with Crippen molar-refractivity contribution in [3.8, 4) is 11.5 Å². The maximum absolute atomic E-state index is 13.1. The monoisotopic (exact) mass is 480 g/mol. The Balaban J connectivity index is 1.59. The number of rotatable bonds is 7. The summed E-state index contributed by atoms with van der Waals surface area (Å²) in [6.45, 7) is 2.01. The molecule has 1 unspecified atom stereocenters. The molecule has 1 aromatic heterocycles. The minimum absolute atomic E-state index is 0.106. The van der Waals surface area contributed by atoms with Crippen molar-refractivity contribution in [2.75, 3.05) is 24.9 Å². The number of hydrogen-bond donors (Lipinski definition) is 3. The number of hydrogen-bond acceptors (Lipinski definition) is 7. The summed E-state index contributed by atoms with van der Waals surface area (Å²) in [4.78, 5) is 45.6. The minimum Gasteiger partial charge on any atom is -0.497 e. The second kappa shape index (κ2) is 10.0. The van der Waals surface area contributed by atoms with E-state index < -0.39 is 17.4 Å². The molecular formula is C24H24N4O5S. The van der Waals surface area contributed by atoms with E-state index in [1.54, 1.807) is 18.2 Å². The summed E-state index contributed by atoms with van der Waals surface area (Å²) in [5.41, 5.74) is 2.32. The molecule has 4 rings (SSSR count). The highest BCUT2D eigenvalue weighted by molar-refractivity contribution is 7.98. The molecule has 0 bridgehead atoms. The third-order valence-corrected chi connectivity index (χ3v) is 6.46. The van der Waals surface area contributed by atoms with E-state index in [0.717, 1.165) is 11.1 Å². The first-order valence-electron chi connectivity index (χ1n) is 10.5. The fraction of sp³-hybridized carbons (Fsp3) is 0.250. The Hall–Kier alpha value is -3.79. The molecule has 2 aromatic carbocycles. The quantitative estimate of drug-likeness (QED) is 0.350. The van der Waals surface area contributed by atoms with Gasteiger partial charge in [-0.05, 0) is 30.2 Å². The molecule has 3 aromatic rings. The third-order valence-electron chi connectivity index (χ3n) is 5.54. The Morgan fingerprint density at radius 2 is 1.97 bits per heavy atom. The number of aromatic nitrogens is 2. The van der Waals surface area contributed by atoms with Crippen molar-refractivity contribution in [1.82, 2.24) is 9.97 Å². The minimum atomic E-state index is -0.998. The van der Waals surface area contributed by atoms with Crippen molar-refractivity contribution in [3.05, 3.63) is 69.5 Å². The van der Waals surface area contributed by atoms with Gasteiger partial charge in [-0.3, -0.25) is 14.4 Å². The first-order valence-corrected chi connectivity index (χ1v) is 11.5. The number of anilines is 2. The molecule has 9 nitrogen and oxygen atoms in total. The predicted octanol–water partition coefficient (Wildman–Crippen LogP) is 3.45. The first-order chi connectivity index (χ1) is 16.4. The summed E-state index contributed by atoms with van der Waals surface area (Å²) in [5, 5.41) is 5.75. The van der Waals surface area contributed by atoms with Crippen LogP contribution in [-0.2, 0) is 15.3 Å². The SMILES string of the molecule is COc1ccc(NC(=O)C2CC(=O)Nc3nc(SCc4ccccc4C)[nH]c(=O)c32)c(OC)c1. The molecule has 2 heterocycles. The van der Waals surface area contributed by atoms with Crippen LogP contribution in [0.25, 0.3) is 0 Å². The van der Waals surface area contributed by atoms with Crippen LogP contribution >= 0.6 is 11.8 Å². The van der Waals surface area contributed by atoms with Crippen LogP contribution in [0.15, 0.2) is 52.4 Å². The van der Waals surface area contributed by atoms with Gasteiger partial charge in [-0.15, -0.1) is 0 Å². The number of nitrogens with zero attached hydrogens (tertiary/aromatic N) is 1. The number of thioether (sulfide) groups is 1. The van der Waals surface area contributed by atoms with Gasteiger partial charge in [0.2, 0.25) is 11.8 Å². The molecule has 10 heteroatoms. The zero-order valence-electron chi connectivity index (χ0n) is 18.9. The number of carbonyl (C=O) groups is 2. The van der Waals surface area contributed by atoms with Crippen LogP contribution in [0.5, 0.6) is 11.5 Å². The number of amides is 2. The van der Waals surface area contributed by atoms with Gasteiger partial charge in [0.1, 0.15) is 17.3 Å². The van der Waals surface area contributed by atoms with Crippen molar-refractivity contribution < 1.29 is 19.1 Å².